The highest BCUT2D eigenvalue weighted by Gasteiger charge is 2.35. The molecule has 4 heteroatoms. The molecule has 2 rings (SSSR count). The average molecular weight is 244 g/mol. The molecule has 0 saturated carbocycles. The minimum absolute atomic E-state index is 0.0651. The van der Waals surface area contributed by atoms with Crippen molar-refractivity contribution in [2.24, 2.45) is 0 Å². The Balaban J connectivity index is 2.16. The summed E-state index contributed by atoms with van der Waals surface area (Å²) in [5.74, 6) is 0. The lowest BCUT2D eigenvalue weighted by atomic mass is 9.94. The van der Waals surface area contributed by atoms with E-state index in [1.54, 1.807) is 6.20 Å². The van der Waals surface area contributed by atoms with Gasteiger partial charge in [0, 0.05) is 43.6 Å². The SMILES string of the molecule is CC1(C)CNCC(CC#N)N1Cc1cccnc1. The molecule has 0 radical (unpaired) electrons. The summed E-state index contributed by atoms with van der Waals surface area (Å²) in [5.41, 5.74) is 1.27. The zero-order valence-electron chi connectivity index (χ0n) is 11.1. The van der Waals surface area contributed by atoms with Crippen molar-refractivity contribution in [1.29, 1.82) is 5.26 Å². The summed E-state index contributed by atoms with van der Waals surface area (Å²) < 4.78 is 0. The molecule has 96 valence electrons. The third-order valence-electron chi connectivity index (χ3n) is 3.56. The zero-order valence-corrected chi connectivity index (χ0v) is 11.1. The first-order valence-corrected chi connectivity index (χ1v) is 6.37. The molecular formula is C14H20N4. The van der Waals surface area contributed by atoms with Crippen LogP contribution in [0.1, 0.15) is 25.8 Å². The molecule has 1 saturated heterocycles. The van der Waals surface area contributed by atoms with E-state index in [4.69, 9.17) is 5.26 Å². The Morgan fingerprint density at radius 2 is 2.44 bits per heavy atom. The summed E-state index contributed by atoms with van der Waals surface area (Å²) in [5, 5.41) is 12.4. The fourth-order valence-electron chi connectivity index (χ4n) is 2.57. The van der Waals surface area contributed by atoms with E-state index in [-0.39, 0.29) is 11.6 Å². The van der Waals surface area contributed by atoms with Crippen molar-refractivity contribution in [3.05, 3.63) is 30.1 Å². The maximum absolute atomic E-state index is 8.96. The van der Waals surface area contributed by atoms with Crippen LogP contribution in [0.3, 0.4) is 0 Å². The van der Waals surface area contributed by atoms with Crippen molar-refractivity contribution in [1.82, 2.24) is 15.2 Å². The second kappa shape index (κ2) is 5.47. The molecule has 1 aromatic rings. The topological polar surface area (TPSA) is 52.0 Å². The van der Waals surface area contributed by atoms with Crippen molar-refractivity contribution < 1.29 is 0 Å². The molecule has 1 fully saturated rings. The summed E-state index contributed by atoms with van der Waals surface area (Å²) in [7, 11) is 0. The molecule has 1 aromatic heterocycles. The minimum atomic E-state index is 0.0651. The predicted octanol–water partition coefficient (Wildman–Crippen LogP) is 1.55. The monoisotopic (exact) mass is 244 g/mol. The van der Waals surface area contributed by atoms with Crippen LogP contribution in [0.15, 0.2) is 24.5 Å². The maximum Gasteiger partial charge on any atom is 0.0638 e. The Morgan fingerprint density at radius 1 is 1.61 bits per heavy atom. The van der Waals surface area contributed by atoms with Gasteiger partial charge in [-0.15, -0.1) is 0 Å². The maximum atomic E-state index is 8.96. The van der Waals surface area contributed by atoms with Gasteiger partial charge >= 0.3 is 0 Å². The highest BCUT2D eigenvalue weighted by atomic mass is 15.3. The molecule has 1 unspecified atom stereocenters. The van der Waals surface area contributed by atoms with E-state index in [1.165, 1.54) is 5.56 Å². The highest BCUT2D eigenvalue weighted by Crippen LogP contribution is 2.24. The van der Waals surface area contributed by atoms with Gasteiger partial charge in [-0.2, -0.15) is 5.26 Å². The Kier molecular flexibility index (Phi) is 3.95. The van der Waals surface area contributed by atoms with Gasteiger partial charge in [0.15, 0.2) is 0 Å². The first-order valence-electron chi connectivity index (χ1n) is 6.37. The van der Waals surface area contributed by atoms with Gasteiger partial charge in [-0.1, -0.05) is 6.07 Å². The molecule has 18 heavy (non-hydrogen) atoms. The van der Waals surface area contributed by atoms with Gasteiger partial charge in [-0.25, -0.2) is 0 Å². The summed E-state index contributed by atoms with van der Waals surface area (Å²) in [6.07, 6.45) is 4.26. The van der Waals surface area contributed by atoms with E-state index >= 15 is 0 Å². The van der Waals surface area contributed by atoms with Crippen LogP contribution in [0.2, 0.25) is 0 Å². The lowest BCUT2D eigenvalue weighted by Crippen LogP contribution is -2.62. The third-order valence-corrected chi connectivity index (χ3v) is 3.56. The number of pyridine rings is 1. The Hall–Kier alpha value is -1.44. The van der Waals surface area contributed by atoms with Crippen LogP contribution >= 0.6 is 0 Å². The first kappa shape index (κ1) is 13.0. The van der Waals surface area contributed by atoms with Gasteiger partial charge in [-0.05, 0) is 25.5 Å². The Labute approximate surface area is 109 Å². The van der Waals surface area contributed by atoms with Crippen molar-refractivity contribution in [2.45, 2.75) is 38.4 Å². The lowest BCUT2D eigenvalue weighted by Gasteiger charge is -2.47. The van der Waals surface area contributed by atoms with Crippen LogP contribution in [0.5, 0.6) is 0 Å². The number of hydrogen-bond donors (Lipinski definition) is 1. The molecular weight excluding hydrogens is 224 g/mol. The Bertz CT molecular complexity index is 421. The largest absolute Gasteiger partial charge is 0.313 e. The van der Waals surface area contributed by atoms with Crippen molar-refractivity contribution in [2.75, 3.05) is 13.1 Å². The number of rotatable bonds is 3. The summed E-state index contributed by atoms with van der Waals surface area (Å²) in [6, 6.07) is 6.62. The molecule has 0 aliphatic carbocycles. The molecule has 1 aliphatic rings. The van der Waals surface area contributed by atoms with E-state index in [0.717, 1.165) is 19.6 Å². The van der Waals surface area contributed by atoms with Gasteiger partial charge in [0.05, 0.1) is 12.5 Å². The van der Waals surface area contributed by atoms with Gasteiger partial charge in [-0.3, -0.25) is 9.88 Å². The number of nitrogens with zero attached hydrogens (tertiary/aromatic N) is 3. The molecule has 0 amide bonds. The van der Waals surface area contributed by atoms with E-state index in [2.05, 4.69) is 41.2 Å². The predicted molar refractivity (Wildman–Crippen MR) is 70.7 cm³/mol. The van der Waals surface area contributed by atoms with Gasteiger partial charge in [0.25, 0.3) is 0 Å². The summed E-state index contributed by atoms with van der Waals surface area (Å²) >= 11 is 0. The molecule has 2 heterocycles. The number of piperazine rings is 1. The normalized spacial score (nSPS) is 23.5. The minimum Gasteiger partial charge on any atom is -0.313 e. The van der Waals surface area contributed by atoms with Gasteiger partial charge < -0.3 is 5.32 Å². The van der Waals surface area contributed by atoms with E-state index < -0.39 is 0 Å². The summed E-state index contributed by atoms with van der Waals surface area (Å²) in [6.45, 7) is 7.14. The van der Waals surface area contributed by atoms with Gasteiger partial charge in [0.1, 0.15) is 0 Å². The fraction of sp³-hybridized carbons (Fsp3) is 0.571. The van der Waals surface area contributed by atoms with E-state index in [1.807, 2.05) is 12.3 Å². The smallest absolute Gasteiger partial charge is 0.0638 e. The number of nitrogens with one attached hydrogen (secondary N) is 1. The standard InChI is InChI=1S/C14H20N4/c1-14(2)11-17-9-13(5-6-15)18(14)10-12-4-3-7-16-8-12/h3-4,7-8,13,17H,5,9-11H2,1-2H3. The van der Waals surface area contributed by atoms with Gasteiger partial charge in [0.2, 0.25) is 0 Å². The summed E-state index contributed by atoms with van der Waals surface area (Å²) in [4.78, 5) is 6.58. The fourth-order valence-corrected chi connectivity index (χ4v) is 2.57. The number of aromatic nitrogens is 1. The molecule has 0 bridgehead atoms. The zero-order chi connectivity index (χ0) is 13.0. The second-order valence-electron chi connectivity index (χ2n) is 5.45. The van der Waals surface area contributed by atoms with Crippen LogP contribution in [0.25, 0.3) is 0 Å². The first-order chi connectivity index (χ1) is 8.63. The molecule has 0 aromatic carbocycles. The van der Waals surface area contributed by atoms with E-state index in [9.17, 15) is 0 Å². The van der Waals surface area contributed by atoms with Crippen LogP contribution in [0, 0.1) is 11.3 Å². The Morgan fingerprint density at radius 3 is 3.11 bits per heavy atom. The van der Waals surface area contributed by atoms with E-state index in [0.29, 0.717) is 6.42 Å². The quantitative estimate of drug-likeness (QED) is 0.876. The average Bonchev–Trinajstić information content (AvgIpc) is 2.35. The molecule has 0 spiro atoms. The molecule has 4 nitrogen and oxygen atoms in total. The molecule has 1 N–H and O–H groups in total. The van der Waals surface area contributed by atoms with Crippen LogP contribution in [-0.2, 0) is 6.54 Å². The highest BCUT2D eigenvalue weighted by molar-refractivity contribution is 5.10. The lowest BCUT2D eigenvalue weighted by molar-refractivity contribution is 0.0310. The van der Waals surface area contributed by atoms with Crippen LogP contribution in [-0.4, -0.2) is 34.6 Å². The van der Waals surface area contributed by atoms with Crippen LogP contribution in [0.4, 0.5) is 0 Å². The third kappa shape index (κ3) is 2.87. The number of hydrogen-bond acceptors (Lipinski definition) is 4. The van der Waals surface area contributed by atoms with Crippen molar-refractivity contribution in [3.8, 4) is 6.07 Å². The van der Waals surface area contributed by atoms with Crippen molar-refractivity contribution in [3.63, 3.8) is 0 Å². The van der Waals surface area contributed by atoms with Crippen molar-refractivity contribution >= 4 is 0 Å². The second-order valence-corrected chi connectivity index (χ2v) is 5.45. The van der Waals surface area contributed by atoms with Crippen LogP contribution < -0.4 is 5.32 Å². The molecule has 1 aliphatic heterocycles. The number of nitriles is 1. The molecule has 1 atom stereocenters.